The molecule has 4 aromatic rings. The zero-order chi connectivity index (χ0) is 21.2. The standard InChI is InChI=1S/C22H16O8/c1-25-13-5-9-11(7-15(13)27-3)29-21-17(9)19(23)22-18(20(21)24)10-6-14(26-2)16(28-4)8-12(10)30-22/h5-8H,1-4H3. The van der Waals surface area contributed by atoms with E-state index >= 15 is 0 Å². The average molecular weight is 408 g/mol. The third-order valence-corrected chi connectivity index (χ3v) is 5.25. The molecule has 0 N–H and O–H groups in total. The molecule has 0 unspecified atom stereocenters. The van der Waals surface area contributed by atoms with Crippen molar-refractivity contribution < 1.29 is 37.4 Å². The first-order chi connectivity index (χ1) is 14.5. The van der Waals surface area contributed by atoms with Gasteiger partial charge in [0.2, 0.25) is 11.6 Å². The van der Waals surface area contributed by atoms with Gasteiger partial charge in [-0.25, -0.2) is 0 Å². The van der Waals surface area contributed by atoms with Crippen molar-refractivity contribution in [2.45, 2.75) is 0 Å². The second kappa shape index (κ2) is 6.28. The summed E-state index contributed by atoms with van der Waals surface area (Å²) in [4.78, 5) is 26.6. The Kier molecular flexibility index (Phi) is 3.79. The van der Waals surface area contributed by atoms with Crippen molar-refractivity contribution in [3.8, 4) is 23.0 Å². The molecule has 1 aliphatic rings. The number of fused-ring (bicyclic) bond motifs is 6. The first-order valence-electron chi connectivity index (χ1n) is 8.98. The minimum atomic E-state index is -0.445. The Bertz CT molecular complexity index is 1270. The van der Waals surface area contributed by atoms with Gasteiger partial charge in [-0.1, -0.05) is 0 Å². The van der Waals surface area contributed by atoms with E-state index in [-0.39, 0.29) is 22.6 Å². The summed E-state index contributed by atoms with van der Waals surface area (Å²) >= 11 is 0. The van der Waals surface area contributed by atoms with E-state index < -0.39 is 11.6 Å². The molecule has 0 amide bonds. The van der Waals surface area contributed by atoms with Gasteiger partial charge in [-0.05, 0) is 12.1 Å². The summed E-state index contributed by atoms with van der Waals surface area (Å²) in [6.45, 7) is 0. The van der Waals surface area contributed by atoms with E-state index in [1.807, 2.05) is 0 Å². The number of ketones is 2. The predicted octanol–water partition coefficient (Wildman–Crippen LogP) is 3.99. The van der Waals surface area contributed by atoms with Gasteiger partial charge in [0.05, 0.1) is 39.6 Å². The molecule has 0 fully saturated rings. The first kappa shape index (κ1) is 18.1. The normalized spacial score (nSPS) is 12.8. The van der Waals surface area contributed by atoms with Crippen molar-refractivity contribution in [3.05, 3.63) is 46.9 Å². The lowest BCUT2D eigenvalue weighted by molar-refractivity contribution is 0.0947. The quantitative estimate of drug-likeness (QED) is 0.440. The van der Waals surface area contributed by atoms with Gasteiger partial charge in [0, 0.05) is 22.9 Å². The molecule has 1 aliphatic carbocycles. The van der Waals surface area contributed by atoms with E-state index in [4.69, 9.17) is 27.8 Å². The third kappa shape index (κ3) is 2.21. The molecular formula is C22H16O8. The topological polar surface area (TPSA) is 97.3 Å². The zero-order valence-corrected chi connectivity index (χ0v) is 16.6. The van der Waals surface area contributed by atoms with Crippen LogP contribution in [-0.2, 0) is 0 Å². The largest absolute Gasteiger partial charge is 0.493 e. The van der Waals surface area contributed by atoms with Crippen LogP contribution in [0, 0.1) is 0 Å². The Labute approximate surface area is 169 Å². The molecule has 152 valence electrons. The number of methoxy groups -OCH3 is 4. The van der Waals surface area contributed by atoms with Gasteiger partial charge < -0.3 is 27.8 Å². The van der Waals surface area contributed by atoms with Crippen molar-refractivity contribution in [1.82, 2.24) is 0 Å². The van der Waals surface area contributed by atoms with Crippen LogP contribution < -0.4 is 18.9 Å². The van der Waals surface area contributed by atoms with E-state index in [2.05, 4.69) is 0 Å². The molecule has 2 aromatic heterocycles. The number of rotatable bonds is 4. The van der Waals surface area contributed by atoms with Crippen molar-refractivity contribution in [3.63, 3.8) is 0 Å². The smallest absolute Gasteiger partial charge is 0.233 e. The number of hydrogen-bond acceptors (Lipinski definition) is 8. The monoisotopic (exact) mass is 408 g/mol. The highest BCUT2D eigenvalue weighted by atomic mass is 16.5. The van der Waals surface area contributed by atoms with Crippen LogP contribution in [0.3, 0.4) is 0 Å². The fourth-order valence-electron chi connectivity index (χ4n) is 3.84. The number of ether oxygens (including phenoxy) is 4. The summed E-state index contributed by atoms with van der Waals surface area (Å²) in [5.41, 5.74) is 0.962. The summed E-state index contributed by atoms with van der Waals surface area (Å²) in [5.74, 6) is 0.701. The molecule has 2 aromatic carbocycles. The van der Waals surface area contributed by atoms with Crippen LogP contribution in [0.4, 0.5) is 0 Å². The van der Waals surface area contributed by atoms with E-state index in [1.165, 1.54) is 28.4 Å². The van der Waals surface area contributed by atoms with E-state index in [0.717, 1.165) is 0 Å². The predicted molar refractivity (Wildman–Crippen MR) is 106 cm³/mol. The van der Waals surface area contributed by atoms with Crippen LogP contribution in [0.2, 0.25) is 0 Å². The second-order valence-corrected chi connectivity index (χ2v) is 6.68. The Morgan fingerprint density at radius 3 is 1.23 bits per heavy atom. The zero-order valence-electron chi connectivity index (χ0n) is 16.6. The second-order valence-electron chi connectivity index (χ2n) is 6.68. The van der Waals surface area contributed by atoms with Crippen LogP contribution in [-0.4, -0.2) is 40.0 Å². The summed E-state index contributed by atoms with van der Waals surface area (Å²) in [5, 5.41) is 0.893. The summed E-state index contributed by atoms with van der Waals surface area (Å²) in [6.07, 6.45) is 0. The minimum Gasteiger partial charge on any atom is -0.493 e. The van der Waals surface area contributed by atoms with Gasteiger partial charge in [-0.3, -0.25) is 9.59 Å². The molecule has 2 heterocycles. The maximum absolute atomic E-state index is 13.3. The molecule has 0 bridgehead atoms. The van der Waals surface area contributed by atoms with Crippen molar-refractivity contribution in [2.24, 2.45) is 0 Å². The Hall–Kier alpha value is -3.94. The lowest BCUT2D eigenvalue weighted by Gasteiger charge is -2.09. The van der Waals surface area contributed by atoms with Crippen LogP contribution in [0.15, 0.2) is 33.1 Å². The third-order valence-electron chi connectivity index (χ3n) is 5.25. The molecular weight excluding hydrogens is 392 g/mol. The van der Waals surface area contributed by atoms with Crippen LogP contribution in [0.1, 0.15) is 32.2 Å². The number of benzene rings is 2. The molecule has 0 spiro atoms. The molecule has 8 nitrogen and oxygen atoms in total. The average Bonchev–Trinajstić information content (AvgIpc) is 3.33. The molecule has 0 aliphatic heterocycles. The highest BCUT2D eigenvalue weighted by Gasteiger charge is 2.40. The van der Waals surface area contributed by atoms with Gasteiger partial charge in [-0.2, -0.15) is 0 Å². The molecule has 30 heavy (non-hydrogen) atoms. The molecule has 5 rings (SSSR count). The first-order valence-corrected chi connectivity index (χ1v) is 8.98. The SMILES string of the molecule is COc1cc2oc3c(c2cc1OC)C(=O)c1oc2cc(OC)c(OC)cc2c1C3=O. The van der Waals surface area contributed by atoms with E-state index in [9.17, 15) is 9.59 Å². The van der Waals surface area contributed by atoms with Gasteiger partial charge in [0.1, 0.15) is 11.2 Å². The molecule has 0 atom stereocenters. The van der Waals surface area contributed by atoms with Crippen molar-refractivity contribution in [1.29, 1.82) is 0 Å². The molecule has 0 radical (unpaired) electrons. The Balaban J connectivity index is 1.79. The Morgan fingerprint density at radius 1 is 0.567 bits per heavy atom. The van der Waals surface area contributed by atoms with Crippen molar-refractivity contribution in [2.75, 3.05) is 28.4 Å². The fraction of sp³-hybridized carbons (Fsp3) is 0.182. The lowest BCUT2D eigenvalue weighted by atomic mass is 9.90. The molecule has 0 saturated heterocycles. The van der Waals surface area contributed by atoms with Crippen LogP contribution in [0.5, 0.6) is 23.0 Å². The summed E-state index contributed by atoms with van der Waals surface area (Å²) in [7, 11) is 5.96. The van der Waals surface area contributed by atoms with Gasteiger partial charge >= 0.3 is 0 Å². The van der Waals surface area contributed by atoms with E-state index in [1.54, 1.807) is 24.3 Å². The summed E-state index contributed by atoms with van der Waals surface area (Å²) < 4.78 is 32.8. The highest BCUT2D eigenvalue weighted by molar-refractivity contribution is 6.33. The lowest BCUT2D eigenvalue weighted by Crippen LogP contribution is -2.17. The van der Waals surface area contributed by atoms with Crippen molar-refractivity contribution >= 4 is 33.5 Å². The fourth-order valence-corrected chi connectivity index (χ4v) is 3.84. The van der Waals surface area contributed by atoms with Gasteiger partial charge in [0.15, 0.2) is 34.5 Å². The van der Waals surface area contributed by atoms with Crippen LogP contribution >= 0.6 is 0 Å². The number of carbonyl (C=O) groups excluding carboxylic acids is 2. The van der Waals surface area contributed by atoms with Gasteiger partial charge in [-0.15, -0.1) is 0 Å². The maximum atomic E-state index is 13.3. The minimum absolute atomic E-state index is 0.0460. The highest BCUT2D eigenvalue weighted by Crippen LogP contribution is 2.44. The number of carbonyl (C=O) groups is 2. The maximum Gasteiger partial charge on any atom is 0.233 e. The van der Waals surface area contributed by atoms with E-state index in [0.29, 0.717) is 44.9 Å². The number of furan rings is 2. The van der Waals surface area contributed by atoms with Crippen LogP contribution in [0.25, 0.3) is 21.9 Å². The molecule has 0 saturated carbocycles. The van der Waals surface area contributed by atoms with Gasteiger partial charge in [0.25, 0.3) is 0 Å². The molecule has 8 heteroatoms. The Morgan fingerprint density at radius 2 is 0.900 bits per heavy atom. The number of hydrogen-bond donors (Lipinski definition) is 0. The summed E-state index contributed by atoms with van der Waals surface area (Å²) in [6, 6.07) is 6.39.